The quantitative estimate of drug-likeness (QED) is 0.193. The van der Waals surface area contributed by atoms with Crippen molar-refractivity contribution in [3.8, 4) is 61.3 Å². The predicted molar refractivity (Wildman–Crippen MR) is 208 cm³/mol. The highest BCUT2D eigenvalue weighted by atomic mass is 15.3. The van der Waals surface area contributed by atoms with E-state index in [0.29, 0.717) is 0 Å². The Morgan fingerprint density at radius 3 is 1.80 bits per heavy atom. The van der Waals surface area contributed by atoms with E-state index in [1.807, 2.05) is 0 Å². The number of hydrogen-bond donors (Lipinski definition) is 0. The van der Waals surface area contributed by atoms with Gasteiger partial charge in [-0.2, -0.15) is 0 Å². The fourth-order valence-corrected chi connectivity index (χ4v) is 8.31. The Morgan fingerprint density at radius 2 is 0.960 bits per heavy atom. The molecule has 0 atom stereocenters. The molecule has 3 heteroatoms. The van der Waals surface area contributed by atoms with Crippen LogP contribution < -0.4 is 4.90 Å². The highest BCUT2D eigenvalue weighted by molar-refractivity contribution is 6.18. The fraction of sp³-hybridized carbons (Fsp3) is 0. The van der Waals surface area contributed by atoms with Crippen LogP contribution in [0, 0.1) is 0 Å². The maximum absolute atomic E-state index is 5.28. The molecule has 0 saturated carbocycles. The van der Waals surface area contributed by atoms with Gasteiger partial charge in [0.25, 0.3) is 0 Å². The first kappa shape index (κ1) is 27.3. The summed E-state index contributed by atoms with van der Waals surface area (Å²) < 4.78 is 2.31. The molecule has 9 aromatic rings. The Kier molecular flexibility index (Phi) is 5.67. The summed E-state index contributed by atoms with van der Waals surface area (Å²) in [7, 11) is 0. The predicted octanol–water partition coefficient (Wildman–Crippen LogP) is 12.6. The number of fused-ring (bicyclic) bond motifs is 10. The molecule has 0 radical (unpaired) electrons. The molecule has 1 aliphatic carbocycles. The fourth-order valence-electron chi connectivity index (χ4n) is 8.31. The first-order valence-electron chi connectivity index (χ1n) is 17.1. The Balaban J connectivity index is 1.08. The van der Waals surface area contributed by atoms with Crippen LogP contribution in [0.15, 0.2) is 176 Å². The summed E-state index contributed by atoms with van der Waals surface area (Å²) in [6.07, 6.45) is 0. The van der Waals surface area contributed by atoms with E-state index in [0.717, 1.165) is 39.6 Å². The molecule has 2 aliphatic rings. The summed E-state index contributed by atoms with van der Waals surface area (Å²) in [5.41, 5.74) is 17.8. The van der Waals surface area contributed by atoms with E-state index >= 15 is 0 Å². The lowest BCUT2D eigenvalue weighted by Crippen LogP contribution is -2.14. The van der Waals surface area contributed by atoms with Crippen LogP contribution in [0.3, 0.4) is 0 Å². The van der Waals surface area contributed by atoms with E-state index < -0.39 is 0 Å². The van der Waals surface area contributed by atoms with Crippen molar-refractivity contribution in [2.75, 3.05) is 4.90 Å². The number of nitrogens with zero attached hydrogens (tertiary/aromatic N) is 3. The van der Waals surface area contributed by atoms with Gasteiger partial charge in [0.05, 0.1) is 22.4 Å². The third-order valence-electron chi connectivity index (χ3n) is 10.5. The highest BCUT2D eigenvalue weighted by Crippen LogP contribution is 2.50. The van der Waals surface area contributed by atoms with Crippen LogP contribution in [-0.2, 0) is 0 Å². The maximum Gasteiger partial charge on any atom is 0.220 e. The van der Waals surface area contributed by atoms with Crippen LogP contribution in [0.5, 0.6) is 0 Å². The molecule has 8 aromatic carbocycles. The molecule has 232 valence electrons. The van der Waals surface area contributed by atoms with Crippen molar-refractivity contribution in [1.82, 2.24) is 9.55 Å². The Morgan fingerprint density at radius 1 is 0.380 bits per heavy atom. The van der Waals surface area contributed by atoms with Gasteiger partial charge in [-0.25, -0.2) is 4.98 Å². The van der Waals surface area contributed by atoms with Gasteiger partial charge in [-0.05, 0) is 97.7 Å². The molecule has 0 fully saturated rings. The summed E-state index contributed by atoms with van der Waals surface area (Å²) >= 11 is 0. The zero-order valence-electron chi connectivity index (χ0n) is 27.1. The second kappa shape index (κ2) is 10.4. The first-order chi connectivity index (χ1) is 24.8. The minimum atomic E-state index is 0.878. The number of hydrogen-bond acceptors (Lipinski definition) is 2. The van der Waals surface area contributed by atoms with Crippen LogP contribution in [0.25, 0.3) is 83.1 Å². The average Bonchev–Trinajstić information content (AvgIpc) is 3.69. The number of rotatable bonds is 3. The van der Waals surface area contributed by atoms with E-state index in [-0.39, 0.29) is 0 Å². The van der Waals surface area contributed by atoms with Crippen molar-refractivity contribution in [3.63, 3.8) is 0 Å². The van der Waals surface area contributed by atoms with Crippen molar-refractivity contribution in [1.29, 1.82) is 0 Å². The number of benzene rings is 8. The number of para-hydroxylation sites is 4. The van der Waals surface area contributed by atoms with Gasteiger partial charge in [0, 0.05) is 16.8 Å². The highest BCUT2D eigenvalue weighted by Gasteiger charge is 2.29. The van der Waals surface area contributed by atoms with Gasteiger partial charge in [-0.15, -0.1) is 0 Å². The number of anilines is 3. The molecule has 3 nitrogen and oxygen atoms in total. The normalized spacial score (nSPS) is 12.4. The van der Waals surface area contributed by atoms with E-state index in [2.05, 4.69) is 185 Å². The molecular weight excluding hydrogens is 607 g/mol. The van der Waals surface area contributed by atoms with E-state index in [1.165, 1.54) is 60.8 Å². The van der Waals surface area contributed by atoms with Crippen LogP contribution >= 0.6 is 0 Å². The van der Waals surface area contributed by atoms with Gasteiger partial charge in [-0.3, -0.25) is 9.47 Å². The topological polar surface area (TPSA) is 21.1 Å². The summed E-state index contributed by atoms with van der Waals surface area (Å²) in [6, 6.07) is 63.8. The van der Waals surface area contributed by atoms with E-state index in [4.69, 9.17) is 4.98 Å². The summed E-state index contributed by atoms with van der Waals surface area (Å²) in [5, 5.41) is 2.64. The molecule has 50 heavy (non-hydrogen) atoms. The lowest BCUT2D eigenvalue weighted by atomic mass is 9.92. The molecular formula is C47H29N3. The molecule has 0 saturated heterocycles. The van der Waals surface area contributed by atoms with Crippen molar-refractivity contribution < 1.29 is 0 Å². The standard InChI is InChI=1S/C47H29N3/c1-2-17-36-35(16-1)40-21-11-20-39-34(26-27-41(36)46(39)40)32-14-9-12-30(28-32)31-13-10-15-33(29-31)49-43-23-6-3-18-37(43)38-19-4-7-24-44(38)50-45-25-8-5-22-42(45)48-47(49)50/h1-29H. The summed E-state index contributed by atoms with van der Waals surface area (Å²) in [6.45, 7) is 0. The van der Waals surface area contributed by atoms with Gasteiger partial charge >= 0.3 is 0 Å². The van der Waals surface area contributed by atoms with Crippen LogP contribution in [0.1, 0.15) is 0 Å². The second-order valence-corrected chi connectivity index (χ2v) is 13.2. The van der Waals surface area contributed by atoms with E-state index in [1.54, 1.807) is 0 Å². The second-order valence-electron chi connectivity index (χ2n) is 13.2. The van der Waals surface area contributed by atoms with Gasteiger partial charge in [-0.1, -0.05) is 133 Å². The molecule has 1 aliphatic heterocycles. The molecule has 0 amide bonds. The van der Waals surface area contributed by atoms with Crippen LogP contribution in [0.2, 0.25) is 0 Å². The lowest BCUT2D eigenvalue weighted by molar-refractivity contribution is 1.05. The van der Waals surface area contributed by atoms with Gasteiger partial charge in [0.15, 0.2) is 0 Å². The molecule has 0 unspecified atom stereocenters. The average molecular weight is 636 g/mol. The summed E-state index contributed by atoms with van der Waals surface area (Å²) in [4.78, 5) is 7.60. The Labute approximate surface area is 290 Å². The third-order valence-corrected chi connectivity index (χ3v) is 10.5. The molecule has 0 spiro atoms. The minimum Gasteiger partial charge on any atom is -0.280 e. The lowest BCUT2D eigenvalue weighted by Gasteiger charge is -2.25. The number of aromatic nitrogens is 2. The first-order valence-corrected chi connectivity index (χ1v) is 17.1. The van der Waals surface area contributed by atoms with Crippen molar-refractivity contribution in [2.24, 2.45) is 0 Å². The molecule has 11 rings (SSSR count). The van der Waals surface area contributed by atoms with E-state index in [9.17, 15) is 0 Å². The SMILES string of the molecule is c1cc(-c2cccc(N3c4ccccc4-c4ccccc4-n4c3nc3ccccc34)c2)cc(-c2ccc3c4c(cccc24)-c2ccccc2-3)c1. The molecule has 0 N–H and O–H groups in total. The zero-order chi connectivity index (χ0) is 32.8. The van der Waals surface area contributed by atoms with Gasteiger partial charge in [0.2, 0.25) is 5.95 Å². The monoisotopic (exact) mass is 635 g/mol. The maximum atomic E-state index is 5.28. The van der Waals surface area contributed by atoms with Crippen molar-refractivity contribution in [3.05, 3.63) is 176 Å². The van der Waals surface area contributed by atoms with Crippen LogP contribution in [0.4, 0.5) is 17.3 Å². The van der Waals surface area contributed by atoms with Crippen LogP contribution in [-0.4, -0.2) is 9.55 Å². The molecule has 1 aromatic heterocycles. The summed E-state index contributed by atoms with van der Waals surface area (Å²) in [5.74, 6) is 0.878. The van der Waals surface area contributed by atoms with Crippen molar-refractivity contribution in [2.45, 2.75) is 0 Å². The van der Waals surface area contributed by atoms with Gasteiger partial charge in [0.1, 0.15) is 0 Å². The zero-order valence-corrected chi connectivity index (χ0v) is 27.1. The smallest absolute Gasteiger partial charge is 0.220 e. The molecule has 2 heterocycles. The largest absolute Gasteiger partial charge is 0.280 e. The number of imidazole rings is 1. The van der Waals surface area contributed by atoms with Gasteiger partial charge < -0.3 is 0 Å². The third kappa shape index (κ3) is 3.83. The Hall–Kier alpha value is -6.71. The Bertz CT molecular complexity index is 2810. The van der Waals surface area contributed by atoms with Crippen molar-refractivity contribution >= 4 is 39.1 Å². The molecule has 0 bridgehead atoms. The minimum absolute atomic E-state index is 0.878.